The number of hydrogen-bond acceptors (Lipinski definition) is 5. The van der Waals surface area contributed by atoms with Gasteiger partial charge in [-0.25, -0.2) is 17.1 Å². The number of nitrogens with one attached hydrogen (secondary N) is 2. The van der Waals surface area contributed by atoms with E-state index >= 15 is 0 Å². The van der Waals surface area contributed by atoms with Crippen molar-refractivity contribution in [1.29, 1.82) is 0 Å². The molecule has 2 amide bonds. The van der Waals surface area contributed by atoms with E-state index in [1.165, 1.54) is 43.4 Å². The number of carbonyl (C=O) groups excluding carboxylic acids is 2. The lowest BCUT2D eigenvalue weighted by molar-refractivity contribution is 0.0880. The summed E-state index contributed by atoms with van der Waals surface area (Å²) in [5.74, 6) is -1.43. The van der Waals surface area contributed by atoms with Crippen molar-refractivity contribution in [2.45, 2.75) is 27.4 Å². The molecular weight excluding hydrogens is 646 g/mol. The van der Waals surface area contributed by atoms with Crippen LogP contribution in [0.25, 0.3) is 33.4 Å². The summed E-state index contributed by atoms with van der Waals surface area (Å²) in [6.07, 6.45) is 0.660. The van der Waals surface area contributed by atoms with Gasteiger partial charge in [0.25, 0.3) is 11.8 Å². The van der Waals surface area contributed by atoms with Crippen molar-refractivity contribution in [1.82, 2.24) is 10.6 Å². The highest BCUT2D eigenvalue weighted by atomic mass is 32.2. The largest absolute Gasteiger partial charge is 0.455 e. The topological polar surface area (TPSA) is 109 Å². The average Bonchev–Trinajstić information content (AvgIpc) is 3.35. The van der Waals surface area contributed by atoms with Crippen molar-refractivity contribution in [2.75, 3.05) is 17.6 Å². The maximum atomic E-state index is 14.6. The Kier molecular flexibility index (Phi) is 9.09. The van der Waals surface area contributed by atoms with E-state index in [4.69, 9.17) is 4.42 Å². The van der Waals surface area contributed by atoms with Crippen LogP contribution >= 0.6 is 0 Å². The first kappa shape index (κ1) is 36.5. The summed E-state index contributed by atoms with van der Waals surface area (Å²) in [6.45, 7) is -3.47. The predicted octanol–water partition coefficient (Wildman–Crippen LogP) is -2.17. The summed E-state index contributed by atoms with van der Waals surface area (Å²) in [7, 11) is 12.5. The van der Waals surface area contributed by atoms with E-state index in [1.54, 1.807) is 18.2 Å². The molecule has 2 N–H and O–H groups in total. The minimum absolute atomic E-state index is 0.0133. The number of alkyl halides is 2. The third kappa shape index (κ3) is 6.04. The van der Waals surface area contributed by atoms with E-state index in [0.717, 1.165) is 13.3 Å². The fourth-order valence-electron chi connectivity index (χ4n) is 8.94. The SMILES string of the molecule is BC(B)(B)C1(NC(=O)c2cccc(-c3cc4c(C(=O)NC)c(-c5ccc(F)cc5)oc4cc3N(C(F)F)S(C)(=O)=O)c2)C(B)(B)BC1(B)B. The number of carbonyl (C=O) groups is 2. The Morgan fingerprint density at radius 3 is 2.06 bits per heavy atom. The number of amides is 2. The first-order valence-electron chi connectivity index (χ1n) is 15.9. The molecule has 2 heterocycles. The van der Waals surface area contributed by atoms with E-state index < -0.39 is 39.5 Å². The Labute approximate surface area is 291 Å². The van der Waals surface area contributed by atoms with Crippen molar-refractivity contribution < 1.29 is 35.6 Å². The molecule has 1 fully saturated rings. The number of furan rings is 1. The second kappa shape index (κ2) is 12.2. The van der Waals surface area contributed by atoms with Gasteiger partial charge in [-0.1, -0.05) is 27.5 Å². The van der Waals surface area contributed by atoms with Crippen LogP contribution < -0.4 is 14.9 Å². The van der Waals surface area contributed by atoms with E-state index in [1.807, 2.05) is 0 Å². The van der Waals surface area contributed by atoms with E-state index in [2.05, 4.69) is 65.6 Å². The van der Waals surface area contributed by atoms with Crippen LogP contribution in [-0.4, -0.2) is 108 Å². The summed E-state index contributed by atoms with van der Waals surface area (Å²) < 4.78 is 74.6. The van der Waals surface area contributed by atoms with Crippen molar-refractivity contribution >= 4 is 101 Å². The number of fused-ring (bicyclic) bond motifs is 1. The second-order valence-corrected chi connectivity index (χ2v) is 16.9. The molecule has 0 radical (unpaired) electrons. The van der Waals surface area contributed by atoms with Crippen LogP contribution in [0, 0.1) is 5.82 Å². The van der Waals surface area contributed by atoms with E-state index in [9.17, 15) is 31.2 Å². The van der Waals surface area contributed by atoms with Crippen LogP contribution in [0.1, 0.15) is 20.7 Å². The average molecular weight is 680 g/mol. The molecular formula is C29H34B8F3N3O5S. The molecule has 5 rings (SSSR count). The molecule has 0 saturated carbocycles. The van der Waals surface area contributed by atoms with Crippen LogP contribution in [0.2, 0.25) is 15.3 Å². The number of rotatable bonds is 9. The van der Waals surface area contributed by atoms with Crippen LogP contribution in [-0.2, 0) is 10.0 Å². The summed E-state index contributed by atoms with van der Waals surface area (Å²) in [6, 6.07) is 14.0. The summed E-state index contributed by atoms with van der Waals surface area (Å²) >= 11 is 0. The van der Waals surface area contributed by atoms with Crippen LogP contribution in [0.5, 0.6) is 0 Å². The van der Waals surface area contributed by atoms with Gasteiger partial charge in [0.15, 0.2) is 0 Å². The molecule has 0 bridgehead atoms. The fourth-order valence-corrected chi connectivity index (χ4v) is 9.73. The van der Waals surface area contributed by atoms with Crippen molar-refractivity contribution in [3.8, 4) is 22.5 Å². The molecule has 0 spiro atoms. The predicted molar refractivity (Wildman–Crippen MR) is 209 cm³/mol. The number of hydrogen-bond donors (Lipinski definition) is 2. The van der Waals surface area contributed by atoms with Gasteiger partial charge in [0.05, 0.1) is 72.4 Å². The number of benzene rings is 3. The number of sulfonamides is 1. The molecule has 246 valence electrons. The van der Waals surface area contributed by atoms with Crippen molar-refractivity contribution in [2.24, 2.45) is 0 Å². The van der Waals surface area contributed by atoms with Gasteiger partial charge in [0, 0.05) is 35.2 Å². The summed E-state index contributed by atoms with van der Waals surface area (Å²) in [4.78, 5) is 27.3. The highest BCUT2D eigenvalue weighted by molar-refractivity contribution is 7.92. The molecule has 4 aromatic rings. The Bertz CT molecular complexity index is 2060. The zero-order valence-electron chi connectivity index (χ0n) is 29.1. The zero-order chi connectivity index (χ0) is 36.5. The molecule has 8 nitrogen and oxygen atoms in total. The van der Waals surface area contributed by atoms with E-state index in [0.29, 0.717) is 11.8 Å². The lowest BCUT2D eigenvalue weighted by atomic mass is 8.95. The molecule has 49 heavy (non-hydrogen) atoms. The normalized spacial score (nSPS) is 16.4. The Balaban J connectivity index is 1.75. The first-order chi connectivity index (χ1) is 22.6. The second-order valence-electron chi connectivity index (χ2n) is 15.1. The van der Waals surface area contributed by atoms with Gasteiger partial charge in [0.2, 0.25) is 10.0 Å². The number of nitrogens with zero attached hydrogens (tertiary/aromatic N) is 1. The maximum Gasteiger partial charge on any atom is 0.327 e. The molecule has 1 aliphatic rings. The van der Waals surface area contributed by atoms with Crippen LogP contribution in [0.15, 0.2) is 65.1 Å². The highest BCUT2D eigenvalue weighted by Gasteiger charge is 2.68. The molecule has 3 aromatic carbocycles. The van der Waals surface area contributed by atoms with Crippen molar-refractivity contribution in [3.05, 3.63) is 77.6 Å². The first-order valence-corrected chi connectivity index (χ1v) is 17.7. The quantitative estimate of drug-likeness (QED) is 0.155. The standard InChI is InChI=1S/C29H34B8F3N3O5S/c1-41-24(45)21-18-11-17(14-4-3-5-15(10-14)23(44)42-26(27(30,31)32)28(33,34)37-29(26,35)36)19(43(25(39)40)49(2,46)47)12-20(18)48-22(21)13-6-8-16(38)9-7-13/h3-12,25,37H,30-36H2,1-2H3,(H,41,45)(H,42,44). The summed E-state index contributed by atoms with van der Waals surface area (Å²) in [5.41, 5.74) is -0.207. The maximum absolute atomic E-state index is 14.6. The molecule has 0 unspecified atom stereocenters. The fraction of sp³-hybridized carbons (Fsp3) is 0.241. The van der Waals surface area contributed by atoms with Gasteiger partial charge in [-0.05, 0) is 53.6 Å². The minimum Gasteiger partial charge on any atom is -0.455 e. The van der Waals surface area contributed by atoms with Gasteiger partial charge >= 0.3 is 6.55 Å². The Morgan fingerprint density at radius 2 is 1.55 bits per heavy atom. The monoisotopic (exact) mass is 681 g/mol. The third-order valence-corrected chi connectivity index (χ3v) is 11.0. The van der Waals surface area contributed by atoms with Crippen LogP contribution in [0.4, 0.5) is 18.9 Å². The molecule has 1 saturated heterocycles. The van der Waals surface area contributed by atoms with Gasteiger partial charge < -0.3 is 15.1 Å². The highest BCUT2D eigenvalue weighted by Crippen LogP contribution is 2.65. The van der Waals surface area contributed by atoms with Gasteiger partial charge in [-0.15, -0.1) is 0 Å². The molecule has 0 atom stereocenters. The Hall–Kier alpha value is -3.80. The smallest absolute Gasteiger partial charge is 0.327 e. The zero-order valence-corrected chi connectivity index (χ0v) is 29.9. The molecule has 1 aliphatic heterocycles. The lowest BCUT2D eigenvalue weighted by Gasteiger charge is -2.74. The third-order valence-electron chi connectivity index (χ3n) is 9.91. The molecule has 1 aromatic heterocycles. The van der Waals surface area contributed by atoms with Gasteiger partial charge in [0.1, 0.15) is 24.4 Å². The van der Waals surface area contributed by atoms with Gasteiger partial charge in [-0.2, -0.15) is 8.78 Å². The summed E-state index contributed by atoms with van der Waals surface area (Å²) in [5, 5.41) is 5.27. The number of halogens is 3. The van der Waals surface area contributed by atoms with Gasteiger partial charge in [-0.3, -0.25) is 9.59 Å². The molecule has 0 aliphatic carbocycles. The Morgan fingerprint density at radius 1 is 0.939 bits per heavy atom. The van der Waals surface area contributed by atoms with Crippen molar-refractivity contribution in [3.63, 3.8) is 0 Å². The number of anilines is 1. The van der Waals surface area contributed by atoms with E-state index in [-0.39, 0.29) is 64.5 Å². The minimum atomic E-state index is -4.54. The lowest BCUT2D eigenvalue weighted by Crippen LogP contribution is -2.82. The van der Waals surface area contributed by atoms with Crippen LogP contribution in [0.3, 0.4) is 0 Å². The molecule has 20 heteroatoms.